The van der Waals surface area contributed by atoms with Gasteiger partial charge in [0.1, 0.15) is 5.75 Å². The standard InChI is InChI=1S/C25H29N3O4S/c1-17(2)27-24(29)18-6-15-23(26-16-18)32-21-11-9-20(10-12-21)28-33(30,31)22-13-7-19(8-14-22)25(3,4)5/h6-17,28H,1-5H3,(H,27,29). The van der Waals surface area contributed by atoms with Gasteiger partial charge >= 0.3 is 0 Å². The average molecular weight is 468 g/mol. The first kappa shape index (κ1) is 24.3. The molecule has 1 aromatic heterocycles. The maximum Gasteiger partial charge on any atom is 0.261 e. The van der Waals surface area contributed by atoms with Crippen LogP contribution in [0.4, 0.5) is 5.69 Å². The molecule has 2 aromatic carbocycles. The quantitative estimate of drug-likeness (QED) is 0.503. The van der Waals surface area contributed by atoms with Crippen LogP contribution < -0.4 is 14.8 Å². The summed E-state index contributed by atoms with van der Waals surface area (Å²) in [5.41, 5.74) is 1.86. The Morgan fingerprint density at radius 1 is 0.939 bits per heavy atom. The van der Waals surface area contributed by atoms with Crippen molar-refractivity contribution in [1.82, 2.24) is 10.3 Å². The van der Waals surface area contributed by atoms with Crippen molar-refractivity contribution in [2.24, 2.45) is 0 Å². The van der Waals surface area contributed by atoms with Gasteiger partial charge in [-0.25, -0.2) is 13.4 Å². The number of anilines is 1. The Labute approximate surface area is 195 Å². The molecule has 33 heavy (non-hydrogen) atoms. The van der Waals surface area contributed by atoms with Crippen LogP contribution in [0, 0.1) is 0 Å². The number of carbonyl (C=O) groups excluding carboxylic acids is 1. The molecule has 3 aromatic rings. The van der Waals surface area contributed by atoms with E-state index < -0.39 is 10.0 Å². The van der Waals surface area contributed by atoms with Crippen molar-refractivity contribution in [3.8, 4) is 11.6 Å². The van der Waals surface area contributed by atoms with Crippen LogP contribution in [0.25, 0.3) is 0 Å². The van der Waals surface area contributed by atoms with E-state index in [9.17, 15) is 13.2 Å². The van der Waals surface area contributed by atoms with Crippen LogP contribution in [0.1, 0.15) is 50.5 Å². The number of hydrogen-bond donors (Lipinski definition) is 2. The topological polar surface area (TPSA) is 97.4 Å². The number of nitrogens with zero attached hydrogens (tertiary/aromatic N) is 1. The van der Waals surface area contributed by atoms with Crippen molar-refractivity contribution >= 4 is 21.6 Å². The predicted molar refractivity (Wildman–Crippen MR) is 129 cm³/mol. The van der Waals surface area contributed by atoms with Crippen molar-refractivity contribution < 1.29 is 17.9 Å². The average Bonchev–Trinajstić information content (AvgIpc) is 2.74. The van der Waals surface area contributed by atoms with Crippen molar-refractivity contribution in [1.29, 1.82) is 0 Å². The number of nitrogens with one attached hydrogen (secondary N) is 2. The molecule has 0 bridgehead atoms. The van der Waals surface area contributed by atoms with E-state index in [1.807, 2.05) is 26.0 Å². The third kappa shape index (κ3) is 6.55. The van der Waals surface area contributed by atoms with Crippen LogP contribution in [0.15, 0.2) is 71.8 Å². The summed E-state index contributed by atoms with van der Waals surface area (Å²) >= 11 is 0. The summed E-state index contributed by atoms with van der Waals surface area (Å²) in [4.78, 5) is 16.3. The van der Waals surface area contributed by atoms with Crippen molar-refractivity contribution in [2.75, 3.05) is 4.72 Å². The minimum absolute atomic E-state index is 0.0345. The fourth-order valence-corrected chi connectivity index (χ4v) is 4.04. The maximum atomic E-state index is 12.7. The minimum atomic E-state index is -3.71. The summed E-state index contributed by atoms with van der Waals surface area (Å²) in [6.45, 7) is 9.99. The Kier molecular flexibility index (Phi) is 7.07. The lowest BCUT2D eigenvalue weighted by Gasteiger charge is -2.19. The zero-order valence-corrected chi connectivity index (χ0v) is 20.2. The van der Waals surface area contributed by atoms with E-state index in [0.717, 1.165) is 5.56 Å². The molecule has 1 amide bonds. The maximum absolute atomic E-state index is 12.7. The largest absolute Gasteiger partial charge is 0.439 e. The molecule has 2 N–H and O–H groups in total. The first-order valence-corrected chi connectivity index (χ1v) is 12.1. The highest BCUT2D eigenvalue weighted by Crippen LogP contribution is 2.26. The SMILES string of the molecule is CC(C)NC(=O)c1ccc(Oc2ccc(NS(=O)(=O)c3ccc(C(C)(C)C)cc3)cc2)nc1. The molecular weight excluding hydrogens is 438 g/mol. The summed E-state index contributed by atoms with van der Waals surface area (Å²) < 4.78 is 33.7. The molecule has 0 spiro atoms. The first-order chi connectivity index (χ1) is 15.4. The molecule has 0 fully saturated rings. The second-order valence-corrected chi connectivity index (χ2v) is 10.7. The smallest absolute Gasteiger partial charge is 0.261 e. The van der Waals surface area contributed by atoms with Gasteiger partial charge in [0.05, 0.1) is 10.5 Å². The highest BCUT2D eigenvalue weighted by molar-refractivity contribution is 7.92. The minimum Gasteiger partial charge on any atom is -0.439 e. The van der Waals surface area contributed by atoms with Crippen LogP contribution in [-0.4, -0.2) is 25.4 Å². The second kappa shape index (κ2) is 9.62. The fraction of sp³-hybridized carbons (Fsp3) is 0.280. The van der Waals surface area contributed by atoms with E-state index in [1.165, 1.54) is 6.20 Å². The van der Waals surface area contributed by atoms with Crippen LogP contribution in [0.3, 0.4) is 0 Å². The Hall–Kier alpha value is -3.39. The molecule has 0 radical (unpaired) electrons. The number of rotatable bonds is 7. The number of ether oxygens (including phenoxy) is 1. The van der Waals surface area contributed by atoms with E-state index in [1.54, 1.807) is 48.5 Å². The number of aromatic nitrogens is 1. The molecule has 1 heterocycles. The number of carbonyl (C=O) groups is 1. The lowest BCUT2D eigenvalue weighted by Crippen LogP contribution is -2.30. The third-order valence-corrected chi connectivity index (χ3v) is 6.18. The molecule has 7 nitrogen and oxygen atoms in total. The summed E-state index contributed by atoms with van der Waals surface area (Å²) in [6, 6.07) is 16.7. The summed E-state index contributed by atoms with van der Waals surface area (Å²) in [6.07, 6.45) is 1.44. The van der Waals surface area contributed by atoms with E-state index in [4.69, 9.17) is 4.74 Å². The van der Waals surface area contributed by atoms with E-state index in [0.29, 0.717) is 22.9 Å². The monoisotopic (exact) mass is 467 g/mol. The predicted octanol–water partition coefficient (Wildman–Crippen LogP) is 5.11. The van der Waals surface area contributed by atoms with Crippen LogP contribution in [0.2, 0.25) is 0 Å². The first-order valence-electron chi connectivity index (χ1n) is 10.6. The molecule has 0 saturated heterocycles. The normalized spacial score (nSPS) is 11.8. The molecule has 8 heteroatoms. The highest BCUT2D eigenvalue weighted by Gasteiger charge is 2.18. The van der Waals surface area contributed by atoms with E-state index in [2.05, 4.69) is 35.8 Å². The van der Waals surface area contributed by atoms with Gasteiger partial charge in [-0.15, -0.1) is 0 Å². The number of sulfonamides is 1. The van der Waals surface area contributed by atoms with Gasteiger partial charge in [-0.2, -0.15) is 0 Å². The summed E-state index contributed by atoms with van der Waals surface area (Å²) in [5, 5.41) is 2.80. The fourth-order valence-electron chi connectivity index (χ4n) is 2.98. The Morgan fingerprint density at radius 3 is 2.09 bits per heavy atom. The van der Waals surface area contributed by atoms with Crippen LogP contribution in [-0.2, 0) is 15.4 Å². The van der Waals surface area contributed by atoms with Gasteiger partial charge in [0.15, 0.2) is 0 Å². The molecule has 0 aliphatic rings. The molecule has 0 saturated carbocycles. The van der Waals surface area contributed by atoms with Gasteiger partial charge in [-0.05, 0) is 67.3 Å². The van der Waals surface area contributed by atoms with Gasteiger partial charge < -0.3 is 10.1 Å². The third-order valence-electron chi connectivity index (χ3n) is 4.78. The molecule has 0 atom stereocenters. The molecule has 3 rings (SSSR count). The molecule has 0 aliphatic carbocycles. The Balaban J connectivity index is 1.65. The van der Waals surface area contributed by atoms with Gasteiger partial charge in [0.2, 0.25) is 5.88 Å². The van der Waals surface area contributed by atoms with Gasteiger partial charge in [0.25, 0.3) is 15.9 Å². The highest BCUT2D eigenvalue weighted by atomic mass is 32.2. The molecule has 0 unspecified atom stereocenters. The lowest BCUT2D eigenvalue weighted by atomic mass is 9.87. The van der Waals surface area contributed by atoms with Crippen LogP contribution in [0.5, 0.6) is 11.6 Å². The lowest BCUT2D eigenvalue weighted by molar-refractivity contribution is 0.0942. The Morgan fingerprint density at radius 2 is 1.58 bits per heavy atom. The number of pyridine rings is 1. The second-order valence-electron chi connectivity index (χ2n) is 9.02. The number of benzene rings is 2. The van der Waals surface area contributed by atoms with Crippen LogP contribution >= 0.6 is 0 Å². The van der Waals surface area contributed by atoms with Gasteiger partial charge in [0, 0.05) is 24.0 Å². The van der Waals surface area contributed by atoms with Gasteiger partial charge in [-0.3, -0.25) is 9.52 Å². The van der Waals surface area contributed by atoms with Crippen molar-refractivity contribution in [2.45, 2.75) is 51.0 Å². The zero-order valence-electron chi connectivity index (χ0n) is 19.4. The summed E-state index contributed by atoms with van der Waals surface area (Å²) in [5.74, 6) is 0.608. The molecule has 0 aliphatic heterocycles. The molecular formula is C25H29N3O4S. The zero-order chi connectivity index (χ0) is 24.2. The van der Waals surface area contributed by atoms with Gasteiger partial charge in [-0.1, -0.05) is 32.9 Å². The summed E-state index contributed by atoms with van der Waals surface area (Å²) in [7, 11) is -3.71. The Bertz CT molecular complexity index is 1200. The van der Waals surface area contributed by atoms with E-state index >= 15 is 0 Å². The number of hydrogen-bond acceptors (Lipinski definition) is 5. The number of amides is 1. The van der Waals surface area contributed by atoms with Crippen molar-refractivity contribution in [3.05, 3.63) is 78.0 Å². The molecule has 174 valence electrons. The van der Waals surface area contributed by atoms with E-state index in [-0.39, 0.29) is 22.3 Å². The van der Waals surface area contributed by atoms with Crippen molar-refractivity contribution in [3.63, 3.8) is 0 Å².